The number of nitrogens with zero attached hydrogens (tertiary/aromatic N) is 4. The van der Waals surface area contributed by atoms with Gasteiger partial charge in [-0.05, 0) is 110 Å². The summed E-state index contributed by atoms with van der Waals surface area (Å²) in [5.74, 6) is 0.632. The summed E-state index contributed by atoms with van der Waals surface area (Å²) in [6.07, 6.45) is 0. The maximum atomic E-state index is 5.60. The normalized spacial score (nSPS) is 11.3. The minimum absolute atomic E-state index is 0.632. The Bertz CT molecular complexity index is 4500. The molecule has 0 N–H and O–H groups in total. The smallest absolute Gasteiger partial charge is 0.160 e. The lowest BCUT2D eigenvalue weighted by atomic mass is 9.91. The van der Waals surface area contributed by atoms with Crippen molar-refractivity contribution >= 4 is 32.7 Å². The minimum atomic E-state index is 0.632. The Morgan fingerprint density at radius 3 is 1.10 bits per heavy atom. The van der Waals surface area contributed by atoms with Crippen LogP contribution in [0.4, 0.5) is 0 Å². The quantitative estimate of drug-likeness (QED) is 0.137. The number of benzene rings is 11. The Morgan fingerprint density at radius 2 is 0.590 bits per heavy atom. The van der Waals surface area contributed by atoms with Gasteiger partial charge in [0.1, 0.15) is 0 Å². The second-order valence-electron chi connectivity index (χ2n) is 19.7. The van der Waals surface area contributed by atoms with E-state index in [2.05, 4.69) is 291 Å². The van der Waals surface area contributed by atoms with Crippen molar-refractivity contribution in [3.05, 3.63) is 291 Å². The molecule has 0 saturated heterocycles. The van der Waals surface area contributed by atoms with Crippen LogP contribution in [0, 0.1) is 0 Å². The lowest BCUT2D eigenvalue weighted by Crippen LogP contribution is -1.98. The van der Waals surface area contributed by atoms with E-state index in [-0.39, 0.29) is 0 Å². The first kappa shape index (κ1) is 46.1. The third-order valence-corrected chi connectivity index (χ3v) is 14.9. The number of hydrogen-bond acceptors (Lipinski definition) is 4. The Kier molecular flexibility index (Phi) is 11.8. The summed E-state index contributed by atoms with van der Waals surface area (Å²) in [6.45, 7) is 0. The highest BCUT2D eigenvalue weighted by Crippen LogP contribution is 2.42. The molecule has 0 amide bonds. The van der Waals surface area contributed by atoms with Gasteiger partial charge in [-0.15, -0.1) is 0 Å². The molecular weight excluding hydrogens is 945 g/mol. The fourth-order valence-electron chi connectivity index (χ4n) is 10.9. The lowest BCUT2D eigenvalue weighted by Gasteiger charge is -2.17. The molecule has 0 unspecified atom stereocenters. The van der Waals surface area contributed by atoms with Crippen molar-refractivity contribution in [3.8, 4) is 112 Å². The van der Waals surface area contributed by atoms with E-state index in [4.69, 9.17) is 19.9 Å². The molecule has 0 aliphatic carbocycles. The standard InChI is InChI=1S/C74H48N4/c1-5-19-49(20-6-1)57-27-17-29-59(43-57)61-45-66(60-30-18-28-58(44-60)50-21-7-2-8-22-50)73-67(46-61)72(55-39-35-53(36-40-55)70-47-64(51-23-9-3-10-24-51)62-31-13-15-33-68(62)75-70)77-74(78-73)56-41-37-54(38-42-56)71-48-65(52-25-11-4-12-26-52)63-32-14-16-34-69(63)76-71/h1-48H. The molecule has 3 heterocycles. The summed E-state index contributed by atoms with van der Waals surface area (Å²) in [5, 5.41) is 3.20. The van der Waals surface area contributed by atoms with Gasteiger partial charge in [0.15, 0.2) is 5.82 Å². The number of aromatic nitrogens is 4. The second-order valence-corrected chi connectivity index (χ2v) is 19.7. The molecule has 3 aromatic heterocycles. The van der Waals surface area contributed by atoms with E-state index >= 15 is 0 Å². The predicted octanol–water partition coefficient (Wildman–Crippen LogP) is 19.4. The van der Waals surface area contributed by atoms with Crippen LogP contribution in [-0.2, 0) is 0 Å². The second kappa shape index (κ2) is 20.0. The summed E-state index contributed by atoms with van der Waals surface area (Å²) < 4.78 is 0. The van der Waals surface area contributed by atoms with Crippen molar-refractivity contribution in [2.24, 2.45) is 0 Å². The summed E-state index contributed by atoms with van der Waals surface area (Å²) in [4.78, 5) is 21.6. The fraction of sp³-hybridized carbons (Fsp3) is 0. The maximum absolute atomic E-state index is 5.60. The number of hydrogen-bond donors (Lipinski definition) is 0. The van der Waals surface area contributed by atoms with Crippen LogP contribution in [-0.4, -0.2) is 19.9 Å². The van der Waals surface area contributed by atoms with Gasteiger partial charge < -0.3 is 0 Å². The Balaban J connectivity index is 0.963. The number of pyridine rings is 2. The molecule has 0 radical (unpaired) electrons. The van der Waals surface area contributed by atoms with Crippen molar-refractivity contribution in [2.75, 3.05) is 0 Å². The average Bonchev–Trinajstić information content (AvgIpc) is 3.69. The largest absolute Gasteiger partial charge is 0.248 e. The van der Waals surface area contributed by atoms with E-state index in [0.29, 0.717) is 5.82 Å². The van der Waals surface area contributed by atoms with Gasteiger partial charge >= 0.3 is 0 Å². The average molecular weight is 993 g/mol. The molecular formula is C74H48N4. The molecule has 364 valence electrons. The van der Waals surface area contributed by atoms with Crippen molar-refractivity contribution in [1.82, 2.24) is 19.9 Å². The van der Waals surface area contributed by atoms with Crippen molar-refractivity contribution < 1.29 is 0 Å². The molecule has 0 aliphatic heterocycles. The van der Waals surface area contributed by atoms with Crippen LogP contribution in [0.3, 0.4) is 0 Å². The number of fused-ring (bicyclic) bond motifs is 3. The molecule has 4 heteroatoms. The Hall–Kier alpha value is -10.4. The van der Waals surface area contributed by atoms with E-state index in [1.165, 1.54) is 5.56 Å². The highest BCUT2D eigenvalue weighted by Gasteiger charge is 2.20. The predicted molar refractivity (Wildman–Crippen MR) is 325 cm³/mol. The van der Waals surface area contributed by atoms with E-state index in [1.54, 1.807) is 0 Å². The van der Waals surface area contributed by atoms with E-state index in [0.717, 1.165) is 133 Å². The highest BCUT2D eigenvalue weighted by atomic mass is 14.9. The summed E-state index contributed by atoms with van der Waals surface area (Å²) >= 11 is 0. The molecule has 14 rings (SSSR count). The first-order valence-corrected chi connectivity index (χ1v) is 26.4. The van der Waals surface area contributed by atoms with E-state index in [1.807, 2.05) is 0 Å². The Morgan fingerprint density at radius 1 is 0.192 bits per heavy atom. The zero-order valence-electron chi connectivity index (χ0n) is 42.5. The van der Waals surface area contributed by atoms with Gasteiger partial charge in [0, 0.05) is 44.0 Å². The van der Waals surface area contributed by atoms with Gasteiger partial charge in [-0.1, -0.05) is 243 Å². The zero-order valence-corrected chi connectivity index (χ0v) is 42.5. The third kappa shape index (κ3) is 8.87. The van der Waals surface area contributed by atoms with Crippen molar-refractivity contribution in [1.29, 1.82) is 0 Å². The van der Waals surface area contributed by atoms with Crippen LogP contribution in [0.1, 0.15) is 0 Å². The number of para-hydroxylation sites is 2. The molecule has 78 heavy (non-hydrogen) atoms. The summed E-state index contributed by atoms with van der Waals surface area (Å²) in [5.41, 5.74) is 22.8. The van der Waals surface area contributed by atoms with Crippen molar-refractivity contribution in [3.63, 3.8) is 0 Å². The SMILES string of the molecule is c1ccc(-c2cccc(-c3cc(-c4cccc(-c5ccccc5)c4)c4nc(-c5ccc(-c6cc(-c7ccccc7)c7ccccc7n6)cc5)nc(-c5ccc(-c6cc(-c7ccccc7)c7ccccc7n6)cc5)c4c3)c2)cc1. The molecule has 0 spiro atoms. The molecule has 4 nitrogen and oxygen atoms in total. The third-order valence-electron chi connectivity index (χ3n) is 14.9. The molecule has 0 aliphatic rings. The molecule has 11 aromatic carbocycles. The monoisotopic (exact) mass is 992 g/mol. The first-order valence-electron chi connectivity index (χ1n) is 26.4. The fourth-order valence-corrected chi connectivity index (χ4v) is 10.9. The van der Waals surface area contributed by atoms with Gasteiger partial charge in [0.05, 0.1) is 33.6 Å². The van der Waals surface area contributed by atoms with Gasteiger partial charge in [-0.3, -0.25) is 0 Å². The van der Waals surface area contributed by atoms with Crippen LogP contribution in [0.25, 0.3) is 145 Å². The van der Waals surface area contributed by atoms with E-state index in [9.17, 15) is 0 Å². The van der Waals surface area contributed by atoms with Crippen LogP contribution < -0.4 is 0 Å². The molecule has 0 atom stereocenters. The minimum Gasteiger partial charge on any atom is -0.248 e. The van der Waals surface area contributed by atoms with E-state index < -0.39 is 0 Å². The topological polar surface area (TPSA) is 51.6 Å². The maximum Gasteiger partial charge on any atom is 0.160 e. The van der Waals surface area contributed by atoms with Crippen molar-refractivity contribution in [2.45, 2.75) is 0 Å². The van der Waals surface area contributed by atoms with Crippen LogP contribution in [0.5, 0.6) is 0 Å². The summed E-state index contributed by atoms with van der Waals surface area (Å²) in [6, 6.07) is 103. The number of rotatable bonds is 10. The molecule has 0 saturated carbocycles. The molecule has 14 aromatic rings. The zero-order chi connectivity index (χ0) is 51.8. The van der Waals surface area contributed by atoms with Crippen LogP contribution in [0.15, 0.2) is 291 Å². The molecule has 0 bridgehead atoms. The summed E-state index contributed by atoms with van der Waals surface area (Å²) in [7, 11) is 0. The van der Waals surface area contributed by atoms with Gasteiger partial charge in [-0.2, -0.15) is 0 Å². The van der Waals surface area contributed by atoms with Gasteiger partial charge in [0.25, 0.3) is 0 Å². The van der Waals surface area contributed by atoms with Crippen LogP contribution >= 0.6 is 0 Å². The molecule has 0 fully saturated rings. The van der Waals surface area contributed by atoms with Crippen LogP contribution in [0.2, 0.25) is 0 Å². The van der Waals surface area contributed by atoms with Gasteiger partial charge in [-0.25, -0.2) is 19.9 Å². The highest BCUT2D eigenvalue weighted by molar-refractivity contribution is 6.05. The first-order chi connectivity index (χ1) is 38.6. The Labute approximate surface area is 453 Å². The van der Waals surface area contributed by atoms with Gasteiger partial charge in [0.2, 0.25) is 0 Å². The lowest BCUT2D eigenvalue weighted by molar-refractivity contribution is 1.23.